The summed E-state index contributed by atoms with van der Waals surface area (Å²) in [5.74, 6) is 0.456. The van der Waals surface area contributed by atoms with Crippen LogP contribution in [0.4, 0.5) is 6.01 Å². The van der Waals surface area contributed by atoms with Gasteiger partial charge in [0.25, 0.3) is 0 Å². The molecule has 8 heteroatoms. The van der Waals surface area contributed by atoms with Gasteiger partial charge in [-0.05, 0) is 12.1 Å². The summed E-state index contributed by atoms with van der Waals surface area (Å²) < 4.78 is 10.4. The zero-order chi connectivity index (χ0) is 16.1. The molecule has 0 bridgehead atoms. The minimum absolute atomic E-state index is 0.279. The zero-order valence-corrected chi connectivity index (χ0v) is 13.4. The van der Waals surface area contributed by atoms with Gasteiger partial charge in [0.15, 0.2) is 0 Å². The second-order valence-electron chi connectivity index (χ2n) is 5.38. The van der Waals surface area contributed by atoms with Gasteiger partial charge < -0.3 is 19.7 Å². The lowest BCUT2D eigenvalue weighted by Gasteiger charge is -2.28. The molecule has 1 fully saturated rings. The SMILES string of the molecule is OC(CNc1nc(-c2cccc(Cl)c2)no1)CN1CCOCC1. The number of aromatic nitrogens is 2. The summed E-state index contributed by atoms with van der Waals surface area (Å²) in [5.41, 5.74) is 0.781. The van der Waals surface area contributed by atoms with Crippen LogP contribution in [0.1, 0.15) is 0 Å². The van der Waals surface area contributed by atoms with Crippen molar-refractivity contribution in [2.45, 2.75) is 6.10 Å². The van der Waals surface area contributed by atoms with Crippen molar-refractivity contribution in [2.75, 3.05) is 44.7 Å². The Morgan fingerprint density at radius 1 is 1.35 bits per heavy atom. The number of nitrogens with zero attached hydrogens (tertiary/aromatic N) is 3. The van der Waals surface area contributed by atoms with Gasteiger partial charge in [-0.25, -0.2) is 0 Å². The summed E-state index contributed by atoms with van der Waals surface area (Å²) in [6, 6.07) is 7.51. The van der Waals surface area contributed by atoms with Gasteiger partial charge in [0.05, 0.1) is 19.3 Å². The second-order valence-corrected chi connectivity index (χ2v) is 5.82. The van der Waals surface area contributed by atoms with Crippen LogP contribution < -0.4 is 5.32 Å². The molecular formula is C15H19ClN4O3. The summed E-state index contributed by atoms with van der Waals surface area (Å²) in [7, 11) is 0. The number of hydrogen-bond donors (Lipinski definition) is 2. The van der Waals surface area contributed by atoms with Crippen molar-refractivity contribution in [2.24, 2.45) is 0 Å². The summed E-state index contributed by atoms with van der Waals surface area (Å²) in [6.45, 7) is 4.05. The highest BCUT2D eigenvalue weighted by Gasteiger charge is 2.16. The average Bonchev–Trinajstić information content (AvgIpc) is 3.03. The molecule has 3 rings (SSSR count). The maximum atomic E-state index is 10.1. The molecule has 1 unspecified atom stereocenters. The van der Waals surface area contributed by atoms with E-state index >= 15 is 0 Å². The molecule has 2 aromatic rings. The van der Waals surface area contributed by atoms with Crippen LogP contribution in [0.15, 0.2) is 28.8 Å². The number of hydrogen-bond acceptors (Lipinski definition) is 7. The lowest BCUT2D eigenvalue weighted by molar-refractivity contribution is 0.0170. The zero-order valence-electron chi connectivity index (χ0n) is 12.6. The van der Waals surface area contributed by atoms with Crippen molar-refractivity contribution >= 4 is 17.6 Å². The third kappa shape index (κ3) is 4.65. The van der Waals surface area contributed by atoms with Gasteiger partial charge in [0, 0.05) is 36.8 Å². The molecule has 0 amide bonds. The molecule has 1 aliphatic rings. The predicted octanol–water partition coefficient (Wildman–Crippen LogP) is 1.49. The van der Waals surface area contributed by atoms with E-state index in [4.69, 9.17) is 20.9 Å². The van der Waals surface area contributed by atoms with E-state index in [-0.39, 0.29) is 6.01 Å². The average molecular weight is 339 g/mol. The number of nitrogens with one attached hydrogen (secondary N) is 1. The Labute approximate surface area is 139 Å². The van der Waals surface area contributed by atoms with Gasteiger partial charge in [-0.2, -0.15) is 4.98 Å². The molecule has 7 nitrogen and oxygen atoms in total. The highest BCUT2D eigenvalue weighted by molar-refractivity contribution is 6.30. The Morgan fingerprint density at radius 2 is 2.17 bits per heavy atom. The third-order valence-electron chi connectivity index (χ3n) is 3.57. The van der Waals surface area contributed by atoms with Crippen LogP contribution in [0.2, 0.25) is 5.02 Å². The second kappa shape index (κ2) is 7.74. The highest BCUT2D eigenvalue weighted by Crippen LogP contribution is 2.21. The molecule has 0 aliphatic carbocycles. The van der Waals surface area contributed by atoms with Crippen LogP contribution in [0.25, 0.3) is 11.4 Å². The summed E-state index contributed by atoms with van der Waals surface area (Å²) in [6.07, 6.45) is -0.519. The molecule has 23 heavy (non-hydrogen) atoms. The van der Waals surface area contributed by atoms with Gasteiger partial charge in [0.2, 0.25) is 5.82 Å². The summed E-state index contributed by atoms with van der Waals surface area (Å²) in [4.78, 5) is 6.42. The monoisotopic (exact) mass is 338 g/mol. The number of aliphatic hydroxyl groups excluding tert-OH is 1. The number of aliphatic hydroxyl groups is 1. The topological polar surface area (TPSA) is 83.7 Å². The highest BCUT2D eigenvalue weighted by atomic mass is 35.5. The Balaban J connectivity index is 1.50. The number of benzene rings is 1. The van der Waals surface area contributed by atoms with E-state index in [1.54, 1.807) is 12.1 Å². The van der Waals surface area contributed by atoms with E-state index in [2.05, 4.69) is 20.4 Å². The predicted molar refractivity (Wildman–Crippen MR) is 86.5 cm³/mol. The Kier molecular flexibility index (Phi) is 5.45. The maximum Gasteiger partial charge on any atom is 0.321 e. The molecule has 1 aliphatic heterocycles. The normalized spacial score (nSPS) is 17.1. The lowest BCUT2D eigenvalue weighted by atomic mass is 10.2. The fraction of sp³-hybridized carbons (Fsp3) is 0.467. The van der Waals surface area contributed by atoms with Gasteiger partial charge >= 0.3 is 6.01 Å². The van der Waals surface area contributed by atoms with Gasteiger partial charge in [-0.1, -0.05) is 28.9 Å². The first-order chi connectivity index (χ1) is 11.2. The number of anilines is 1. The minimum Gasteiger partial charge on any atom is -0.390 e. The van der Waals surface area contributed by atoms with Crippen LogP contribution in [0.5, 0.6) is 0 Å². The van der Waals surface area contributed by atoms with Gasteiger partial charge in [-0.15, -0.1) is 0 Å². The Bertz CT molecular complexity index is 631. The van der Waals surface area contributed by atoms with E-state index in [1.165, 1.54) is 0 Å². The van der Waals surface area contributed by atoms with E-state index in [0.29, 0.717) is 37.2 Å². The molecule has 2 heterocycles. The molecule has 1 atom stereocenters. The number of β-amino-alcohol motifs (C(OH)–C–C–N with tert-alkyl or cyclic N) is 1. The van der Waals surface area contributed by atoms with Crippen molar-refractivity contribution in [1.82, 2.24) is 15.0 Å². The molecule has 124 valence electrons. The van der Waals surface area contributed by atoms with Crippen LogP contribution in [-0.2, 0) is 4.74 Å². The number of morpholine rings is 1. The largest absolute Gasteiger partial charge is 0.390 e. The van der Waals surface area contributed by atoms with Gasteiger partial charge in [-0.3, -0.25) is 4.90 Å². The van der Waals surface area contributed by atoms with Crippen molar-refractivity contribution in [3.05, 3.63) is 29.3 Å². The van der Waals surface area contributed by atoms with Crippen molar-refractivity contribution in [3.63, 3.8) is 0 Å². The fourth-order valence-electron chi connectivity index (χ4n) is 2.39. The number of ether oxygens (including phenoxy) is 1. The molecule has 1 aromatic heterocycles. The Hall–Kier alpha value is -1.67. The third-order valence-corrected chi connectivity index (χ3v) is 3.81. The Morgan fingerprint density at radius 3 is 2.96 bits per heavy atom. The van der Waals surface area contributed by atoms with E-state index < -0.39 is 6.10 Å². The number of rotatable bonds is 6. The van der Waals surface area contributed by atoms with E-state index in [0.717, 1.165) is 18.7 Å². The van der Waals surface area contributed by atoms with E-state index in [9.17, 15) is 5.11 Å². The van der Waals surface area contributed by atoms with E-state index in [1.807, 2.05) is 12.1 Å². The first kappa shape index (κ1) is 16.2. The van der Waals surface area contributed by atoms with Crippen molar-refractivity contribution in [3.8, 4) is 11.4 Å². The summed E-state index contributed by atoms with van der Waals surface area (Å²) in [5, 5.41) is 17.5. The fourth-order valence-corrected chi connectivity index (χ4v) is 2.58. The molecule has 0 spiro atoms. The van der Waals surface area contributed by atoms with Crippen molar-refractivity contribution < 1.29 is 14.4 Å². The van der Waals surface area contributed by atoms with Crippen LogP contribution in [-0.4, -0.2) is 65.6 Å². The number of halogens is 1. The molecule has 0 saturated carbocycles. The van der Waals surface area contributed by atoms with Crippen LogP contribution in [0.3, 0.4) is 0 Å². The van der Waals surface area contributed by atoms with Crippen molar-refractivity contribution in [1.29, 1.82) is 0 Å². The first-order valence-electron chi connectivity index (χ1n) is 7.52. The molecular weight excluding hydrogens is 320 g/mol. The summed E-state index contributed by atoms with van der Waals surface area (Å²) >= 11 is 5.95. The molecule has 0 radical (unpaired) electrons. The maximum absolute atomic E-state index is 10.1. The minimum atomic E-state index is -0.519. The van der Waals surface area contributed by atoms with Gasteiger partial charge in [0.1, 0.15) is 0 Å². The standard InChI is InChI=1S/C15H19ClN4O3/c16-12-3-1-2-11(8-12)14-18-15(23-19-14)17-9-13(21)10-20-4-6-22-7-5-20/h1-3,8,13,21H,4-7,9-10H2,(H,17,18,19). The smallest absolute Gasteiger partial charge is 0.321 e. The van der Waals surface area contributed by atoms with Crippen LogP contribution >= 0.6 is 11.6 Å². The van der Waals surface area contributed by atoms with Crippen LogP contribution in [0, 0.1) is 0 Å². The molecule has 1 aromatic carbocycles. The lowest BCUT2D eigenvalue weighted by Crippen LogP contribution is -2.42. The molecule has 1 saturated heterocycles. The molecule has 2 N–H and O–H groups in total. The quantitative estimate of drug-likeness (QED) is 0.825. The first-order valence-corrected chi connectivity index (χ1v) is 7.90.